The summed E-state index contributed by atoms with van der Waals surface area (Å²) in [7, 11) is 0. The molecule has 1 radical (unpaired) electrons. The van der Waals surface area contributed by atoms with E-state index >= 15 is 0 Å². The summed E-state index contributed by atoms with van der Waals surface area (Å²) in [4.78, 5) is 10.2. The van der Waals surface area contributed by atoms with Crippen LogP contribution in [-0.2, 0) is 14.3 Å². The van der Waals surface area contributed by atoms with Crippen LogP contribution in [0.2, 0.25) is 0 Å². The Morgan fingerprint density at radius 3 is 2.67 bits per heavy atom. The predicted octanol–water partition coefficient (Wildman–Crippen LogP) is 0.746. The zero-order valence-corrected chi connectivity index (χ0v) is 5.72. The molecule has 0 aromatic heterocycles. The molecule has 0 fully saturated rings. The van der Waals surface area contributed by atoms with Gasteiger partial charge < -0.3 is 9.47 Å². The Balaban J connectivity index is 3.26. The second-order valence-electron chi connectivity index (χ2n) is 1.55. The fourth-order valence-electron chi connectivity index (χ4n) is 0.434. The van der Waals surface area contributed by atoms with Crippen LogP contribution in [0.3, 0.4) is 0 Å². The Morgan fingerprint density at radius 1 is 1.78 bits per heavy atom. The Kier molecular flexibility index (Phi) is 4.05. The smallest absolute Gasteiger partial charge is 0.304 e. The molecule has 0 aliphatic heterocycles. The van der Waals surface area contributed by atoms with Gasteiger partial charge in [-0.25, -0.2) is 0 Å². The van der Waals surface area contributed by atoms with E-state index in [2.05, 4.69) is 11.7 Å². The minimum absolute atomic E-state index is 0.314. The van der Waals surface area contributed by atoms with Gasteiger partial charge in [-0.3, -0.25) is 4.79 Å². The Bertz CT molecular complexity index is 90.3. The molecule has 0 spiro atoms. The van der Waals surface area contributed by atoms with Gasteiger partial charge in [0, 0.05) is 6.92 Å². The molecule has 0 saturated carbocycles. The van der Waals surface area contributed by atoms with Crippen LogP contribution in [0.1, 0.15) is 13.8 Å². The molecule has 0 N–H and O–H groups in total. The maximum absolute atomic E-state index is 10.2. The van der Waals surface area contributed by atoms with Crippen LogP contribution in [0, 0.1) is 6.92 Å². The third kappa shape index (κ3) is 5.30. The quantitative estimate of drug-likeness (QED) is 0.418. The van der Waals surface area contributed by atoms with Crippen LogP contribution < -0.4 is 0 Å². The van der Waals surface area contributed by atoms with E-state index < -0.39 is 6.29 Å². The van der Waals surface area contributed by atoms with Gasteiger partial charge in [-0.05, 0) is 13.8 Å². The minimum atomic E-state index is -0.472. The van der Waals surface area contributed by atoms with Crippen LogP contribution in [0.25, 0.3) is 0 Å². The van der Waals surface area contributed by atoms with Gasteiger partial charge >= 0.3 is 5.97 Å². The molecule has 0 rings (SSSR count). The molecular weight excluding hydrogens is 120 g/mol. The molecule has 9 heavy (non-hydrogen) atoms. The SMILES string of the molecule is [CH2]COC(C)OC(C)=O. The Morgan fingerprint density at radius 2 is 2.33 bits per heavy atom. The topological polar surface area (TPSA) is 35.5 Å². The highest BCUT2D eigenvalue weighted by Gasteiger charge is 2.01. The normalized spacial score (nSPS) is 12.8. The molecular formula is C6H11O3. The fourth-order valence-corrected chi connectivity index (χ4v) is 0.434. The number of esters is 1. The first-order valence-corrected chi connectivity index (χ1v) is 2.75. The van der Waals surface area contributed by atoms with Crippen LogP contribution in [0.5, 0.6) is 0 Å². The highest BCUT2D eigenvalue weighted by atomic mass is 16.7. The number of ether oxygens (including phenoxy) is 2. The van der Waals surface area contributed by atoms with Gasteiger partial charge in [0.15, 0.2) is 6.29 Å². The Hall–Kier alpha value is -0.570. The number of carbonyl (C=O) groups excluding carboxylic acids is 1. The summed E-state index contributed by atoms with van der Waals surface area (Å²) in [5.74, 6) is -0.337. The summed E-state index contributed by atoms with van der Waals surface area (Å²) >= 11 is 0. The lowest BCUT2D eigenvalue weighted by Gasteiger charge is -2.09. The van der Waals surface area contributed by atoms with Crippen LogP contribution in [-0.4, -0.2) is 18.9 Å². The van der Waals surface area contributed by atoms with E-state index in [-0.39, 0.29) is 5.97 Å². The maximum atomic E-state index is 10.2. The summed E-state index contributed by atoms with van der Waals surface area (Å²) in [5, 5.41) is 0. The van der Waals surface area contributed by atoms with Crippen molar-refractivity contribution in [1.82, 2.24) is 0 Å². The largest absolute Gasteiger partial charge is 0.436 e. The van der Waals surface area contributed by atoms with E-state index in [4.69, 9.17) is 4.74 Å². The molecule has 0 bridgehead atoms. The molecule has 0 aliphatic carbocycles. The molecule has 0 saturated heterocycles. The number of rotatable bonds is 3. The summed E-state index contributed by atoms with van der Waals surface area (Å²) in [6, 6.07) is 0. The highest BCUT2D eigenvalue weighted by molar-refractivity contribution is 5.65. The van der Waals surface area contributed by atoms with Crippen molar-refractivity contribution < 1.29 is 14.3 Å². The maximum Gasteiger partial charge on any atom is 0.304 e. The van der Waals surface area contributed by atoms with E-state index in [1.807, 2.05) is 0 Å². The van der Waals surface area contributed by atoms with E-state index in [0.29, 0.717) is 6.61 Å². The standard InChI is InChI=1S/C6H11O3/c1-4-8-6(3)9-5(2)7/h6H,1,4H2,2-3H3. The molecule has 1 unspecified atom stereocenters. The van der Waals surface area contributed by atoms with Crippen LogP contribution in [0.15, 0.2) is 0 Å². The molecule has 0 aliphatic rings. The van der Waals surface area contributed by atoms with Crippen molar-refractivity contribution in [2.24, 2.45) is 0 Å². The van der Waals surface area contributed by atoms with Gasteiger partial charge in [-0.15, -0.1) is 0 Å². The second-order valence-corrected chi connectivity index (χ2v) is 1.55. The lowest BCUT2D eigenvalue weighted by atomic mass is 10.7. The predicted molar refractivity (Wildman–Crippen MR) is 32.5 cm³/mol. The van der Waals surface area contributed by atoms with Gasteiger partial charge in [-0.2, -0.15) is 0 Å². The molecule has 0 heterocycles. The van der Waals surface area contributed by atoms with Crippen molar-refractivity contribution in [3.8, 4) is 0 Å². The van der Waals surface area contributed by atoms with Gasteiger partial charge in [0.25, 0.3) is 0 Å². The third-order valence-electron chi connectivity index (χ3n) is 0.684. The lowest BCUT2D eigenvalue weighted by Crippen LogP contribution is -2.15. The zero-order valence-electron chi connectivity index (χ0n) is 5.72. The first-order valence-electron chi connectivity index (χ1n) is 2.75. The lowest BCUT2D eigenvalue weighted by molar-refractivity contribution is -0.169. The molecule has 0 aromatic rings. The van der Waals surface area contributed by atoms with Crippen molar-refractivity contribution >= 4 is 5.97 Å². The van der Waals surface area contributed by atoms with Gasteiger partial charge in [0.05, 0.1) is 6.61 Å². The summed E-state index contributed by atoms with van der Waals surface area (Å²) < 4.78 is 9.39. The highest BCUT2D eigenvalue weighted by Crippen LogP contribution is 1.91. The number of hydrogen-bond donors (Lipinski definition) is 0. The van der Waals surface area contributed by atoms with E-state index in [1.54, 1.807) is 6.92 Å². The molecule has 0 amide bonds. The summed E-state index contributed by atoms with van der Waals surface area (Å²) in [5.41, 5.74) is 0. The van der Waals surface area contributed by atoms with Crippen LogP contribution >= 0.6 is 0 Å². The van der Waals surface area contributed by atoms with Crippen molar-refractivity contribution in [2.45, 2.75) is 20.1 Å². The molecule has 3 nitrogen and oxygen atoms in total. The van der Waals surface area contributed by atoms with Gasteiger partial charge in [-0.1, -0.05) is 0 Å². The third-order valence-corrected chi connectivity index (χ3v) is 0.684. The molecule has 1 atom stereocenters. The average molecular weight is 131 g/mol. The van der Waals surface area contributed by atoms with Crippen molar-refractivity contribution in [2.75, 3.05) is 6.61 Å². The first kappa shape index (κ1) is 8.43. The fraction of sp³-hybridized carbons (Fsp3) is 0.667. The minimum Gasteiger partial charge on any atom is -0.436 e. The Labute approximate surface area is 55.0 Å². The van der Waals surface area contributed by atoms with Gasteiger partial charge in [0.1, 0.15) is 0 Å². The van der Waals surface area contributed by atoms with Crippen molar-refractivity contribution in [3.63, 3.8) is 0 Å². The van der Waals surface area contributed by atoms with E-state index in [0.717, 1.165) is 0 Å². The average Bonchev–Trinajstić information content (AvgIpc) is 1.63. The van der Waals surface area contributed by atoms with Gasteiger partial charge in [0.2, 0.25) is 0 Å². The van der Waals surface area contributed by atoms with E-state index in [1.165, 1.54) is 6.92 Å². The molecule has 0 aromatic carbocycles. The van der Waals surface area contributed by atoms with Crippen molar-refractivity contribution in [3.05, 3.63) is 6.92 Å². The van der Waals surface area contributed by atoms with Crippen LogP contribution in [0.4, 0.5) is 0 Å². The monoisotopic (exact) mass is 131 g/mol. The van der Waals surface area contributed by atoms with Crippen molar-refractivity contribution in [1.29, 1.82) is 0 Å². The summed E-state index contributed by atoms with van der Waals surface area (Å²) in [6.07, 6.45) is -0.472. The molecule has 3 heteroatoms. The number of hydrogen-bond acceptors (Lipinski definition) is 3. The zero-order chi connectivity index (χ0) is 7.28. The second kappa shape index (κ2) is 4.32. The number of carbonyl (C=O) groups is 1. The first-order chi connectivity index (χ1) is 4.16. The van der Waals surface area contributed by atoms with E-state index in [9.17, 15) is 4.79 Å². The summed E-state index contributed by atoms with van der Waals surface area (Å²) in [6.45, 7) is 6.72. The molecule has 53 valence electrons.